The van der Waals surface area contributed by atoms with Gasteiger partial charge in [0.05, 0.1) is 6.61 Å². The maximum absolute atomic E-state index is 11.2. The minimum absolute atomic E-state index is 0.0103. The highest BCUT2D eigenvalue weighted by molar-refractivity contribution is 5.90. The van der Waals surface area contributed by atoms with Gasteiger partial charge in [-0.2, -0.15) is 0 Å². The molecule has 0 fully saturated rings. The molecule has 7 heteroatoms. The number of esters is 1. The minimum atomic E-state index is -1.69. The average Bonchev–Trinajstić information content (AvgIpc) is 2.34. The van der Waals surface area contributed by atoms with Crippen LogP contribution in [0.4, 0.5) is 9.59 Å². The molecule has 0 aromatic heterocycles. The fraction of sp³-hybridized carbons (Fsp3) is 0.750. The zero-order valence-electron chi connectivity index (χ0n) is 11.1. The van der Waals surface area contributed by atoms with E-state index in [4.69, 9.17) is 14.9 Å². The van der Waals surface area contributed by atoms with Crippen molar-refractivity contribution in [2.45, 2.75) is 45.4 Å². The van der Waals surface area contributed by atoms with Crippen LogP contribution in [0.15, 0.2) is 0 Å². The third-order valence-corrected chi connectivity index (χ3v) is 2.51. The number of ether oxygens (including phenoxy) is 1. The Morgan fingerprint density at radius 3 is 2.00 bits per heavy atom. The normalized spacial score (nSPS) is 9.95. The zero-order chi connectivity index (χ0) is 14.7. The first kappa shape index (κ1) is 17.2. The highest BCUT2D eigenvalue weighted by Crippen LogP contribution is 2.05. The molecule has 0 saturated heterocycles. The summed E-state index contributed by atoms with van der Waals surface area (Å²) in [6.45, 7) is 1.52. The summed E-state index contributed by atoms with van der Waals surface area (Å²) in [6, 6.07) is 0. The van der Waals surface area contributed by atoms with Crippen LogP contribution in [-0.4, -0.2) is 46.4 Å². The summed E-state index contributed by atoms with van der Waals surface area (Å²) in [7, 11) is 0. The fourth-order valence-corrected chi connectivity index (χ4v) is 1.46. The smallest absolute Gasteiger partial charge is 0.417 e. The maximum atomic E-state index is 11.2. The van der Waals surface area contributed by atoms with Crippen molar-refractivity contribution in [2.75, 3.05) is 13.2 Å². The van der Waals surface area contributed by atoms with Gasteiger partial charge in [-0.05, 0) is 6.42 Å². The number of carbonyl (C=O) groups is 3. The fourth-order valence-electron chi connectivity index (χ4n) is 1.46. The number of amides is 2. The van der Waals surface area contributed by atoms with Crippen LogP contribution in [0.1, 0.15) is 45.4 Å². The first-order valence-electron chi connectivity index (χ1n) is 6.38. The van der Waals surface area contributed by atoms with E-state index in [1.54, 1.807) is 0 Å². The Balaban J connectivity index is 3.69. The SMILES string of the molecule is CCCCCCCCOC(=O)CN(C(=O)O)C(=O)O. The van der Waals surface area contributed by atoms with Crippen molar-refractivity contribution in [1.29, 1.82) is 0 Å². The molecule has 0 saturated carbocycles. The zero-order valence-corrected chi connectivity index (χ0v) is 11.1. The van der Waals surface area contributed by atoms with Gasteiger partial charge in [0.15, 0.2) is 0 Å². The maximum Gasteiger partial charge on any atom is 0.417 e. The molecule has 0 spiro atoms. The van der Waals surface area contributed by atoms with Crippen LogP contribution >= 0.6 is 0 Å². The monoisotopic (exact) mass is 275 g/mol. The lowest BCUT2D eigenvalue weighted by atomic mass is 10.1. The van der Waals surface area contributed by atoms with E-state index >= 15 is 0 Å². The second-order valence-corrected chi connectivity index (χ2v) is 4.14. The van der Waals surface area contributed by atoms with E-state index in [1.807, 2.05) is 0 Å². The molecule has 7 nitrogen and oxygen atoms in total. The molecule has 0 aromatic rings. The predicted molar refractivity (Wildman–Crippen MR) is 67.1 cm³/mol. The third kappa shape index (κ3) is 8.87. The van der Waals surface area contributed by atoms with Gasteiger partial charge in [0.1, 0.15) is 6.54 Å². The van der Waals surface area contributed by atoms with E-state index in [2.05, 4.69) is 6.92 Å². The average molecular weight is 275 g/mol. The Labute approximate surface area is 112 Å². The highest BCUT2D eigenvalue weighted by atomic mass is 16.5. The molecule has 0 rings (SSSR count). The molecule has 0 aromatic carbocycles. The Hall–Kier alpha value is -1.79. The van der Waals surface area contributed by atoms with Crippen LogP contribution in [0.25, 0.3) is 0 Å². The summed E-state index contributed by atoms with van der Waals surface area (Å²) in [5, 5.41) is 17.0. The van der Waals surface area contributed by atoms with E-state index in [9.17, 15) is 14.4 Å². The van der Waals surface area contributed by atoms with Crippen molar-refractivity contribution in [1.82, 2.24) is 4.90 Å². The van der Waals surface area contributed by atoms with E-state index in [1.165, 1.54) is 6.42 Å². The Bertz CT molecular complexity index is 291. The van der Waals surface area contributed by atoms with Crippen LogP contribution in [-0.2, 0) is 9.53 Å². The van der Waals surface area contributed by atoms with Crippen molar-refractivity contribution >= 4 is 18.2 Å². The molecule has 0 radical (unpaired) electrons. The molecule has 2 amide bonds. The van der Waals surface area contributed by atoms with E-state index in [0.29, 0.717) is 6.42 Å². The molecule has 0 unspecified atom stereocenters. The van der Waals surface area contributed by atoms with Crippen molar-refractivity contribution < 1.29 is 29.3 Å². The topological polar surface area (TPSA) is 104 Å². The molecule has 19 heavy (non-hydrogen) atoms. The lowest BCUT2D eigenvalue weighted by molar-refractivity contribution is -0.144. The Morgan fingerprint density at radius 1 is 0.947 bits per heavy atom. The second-order valence-electron chi connectivity index (χ2n) is 4.14. The number of hydrogen-bond donors (Lipinski definition) is 2. The third-order valence-electron chi connectivity index (χ3n) is 2.51. The number of carbonyl (C=O) groups excluding carboxylic acids is 1. The van der Waals surface area contributed by atoms with Gasteiger partial charge in [0.25, 0.3) is 0 Å². The van der Waals surface area contributed by atoms with E-state index in [0.717, 1.165) is 25.7 Å². The van der Waals surface area contributed by atoms with Crippen LogP contribution < -0.4 is 0 Å². The van der Waals surface area contributed by atoms with Crippen molar-refractivity contribution in [3.05, 3.63) is 0 Å². The molecule has 110 valence electrons. The summed E-state index contributed by atoms with van der Waals surface area (Å²) in [5.41, 5.74) is 0. The standard InChI is InChI=1S/C12H21NO6/c1-2-3-4-5-6-7-8-19-10(14)9-13(11(15)16)12(17)18/h2-9H2,1H3,(H,15,16)(H,17,18). The summed E-state index contributed by atoms with van der Waals surface area (Å²) < 4.78 is 4.77. The quantitative estimate of drug-likeness (QED) is 0.495. The van der Waals surface area contributed by atoms with Crippen molar-refractivity contribution in [2.24, 2.45) is 0 Å². The van der Waals surface area contributed by atoms with Gasteiger partial charge in [-0.1, -0.05) is 39.0 Å². The summed E-state index contributed by atoms with van der Waals surface area (Å²) in [4.78, 5) is 32.2. The lowest BCUT2D eigenvalue weighted by Gasteiger charge is -2.12. The second kappa shape index (κ2) is 10.2. The van der Waals surface area contributed by atoms with Gasteiger partial charge in [-0.15, -0.1) is 0 Å². The highest BCUT2D eigenvalue weighted by Gasteiger charge is 2.23. The number of rotatable bonds is 9. The van der Waals surface area contributed by atoms with Crippen LogP contribution in [0.5, 0.6) is 0 Å². The molecule has 0 bridgehead atoms. The summed E-state index contributed by atoms with van der Waals surface area (Å²) >= 11 is 0. The molecule has 0 heterocycles. The lowest BCUT2D eigenvalue weighted by Crippen LogP contribution is -2.39. The minimum Gasteiger partial charge on any atom is -0.465 e. The molecule has 2 N–H and O–H groups in total. The van der Waals surface area contributed by atoms with Gasteiger partial charge in [0.2, 0.25) is 0 Å². The molecule has 0 aliphatic carbocycles. The molecular formula is C12H21NO6. The van der Waals surface area contributed by atoms with Crippen LogP contribution in [0.3, 0.4) is 0 Å². The van der Waals surface area contributed by atoms with Crippen LogP contribution in [0.2, 0.25) is 0 Å². The van der Waals surface area contributed by atoms with Gasteiger partial charge in [-0.25, -0.2) is 14.5 Å². The van der Waals surface area contributed by atoms with Gasteiger partial charge < -0.3 is 14.9 Å². The summed E-state index contributed by atoms with van der Waals surface area (Å²) in [6.07, 6.45) is 2.83. The number of hydrogen-bond acceptors (Lipinski definition) is 4. The van der Waals surface area contributed by atoms with Crippen LogP contribution in [0, 0.1) is 0 Å². The predicted octanol–water partition coefficient (Wildman–Crippen LogP) is 2.55. The molecule has 0 atom stereocenters. The van der Waals surface area contributed by atoms with Gasteiger partial charge in [0, 0.05) is 0 Å². The Kier molecular flexibility index (Phi) is 9.20. The molecule has 0 aliphatic heterocycles. The molecular weight excluding hydrogens is 254 g/mol. The number of imide groups is 1. The van der Waals surface area contributed by atoms with E-state index in [-0.39, 0.29) is 11.5 Å². The first-order chi connectivity index (χ1) is 8.99. The van der Waals surface area contributed by atoms with Gasteiger partial charge >= 0.3 is 18.2 Å². The van der Waals surface area contributed by atoms with E-state index < -0.39 is 24.7 Å². The number of nitrogens with zero attached hydrogens (tertiary/aromatic N) is 1. The number of unbranched alkanes of at least 4 members (excludes halogenated alkanes) is 5. The van der Waals surface area contributed by atoms with Crippen molar-refractivity contribution in [3.8, 4) is 0 Å². The Morgan fingerprint density at radius 2 is 1.47 bits per heavy atom. The van der Waals surface area contributed by atoms with Crippen molar-refractivity contribution in [3.63, 3.8) is 0 Å². The first-order valence-corrected chi connectivity index (χ1v) is 6.38. The number of carboxylic acid groups (broad SMARTS) is 2. The largest absolute Gasteiger partial charge is 0.465 e. The summed E-state index contributed by atoms with van der Waals surface area (Å²) in [5.74, 6) is -0.849. The molecule has 0 aliphatic rings. The van der Waals surface area contributed by atoms with Gasteiger partial charge in [-0.3, -0.25) is 4.79 Å².